The molecule has 18 nitrogen and oxygen atoms in total. The van der Waals surface area contributed by atoms with E-state index in [9.17, 15) is 38.4 Å². The van der Waals surface area contributed by atoms with Gasteiger partial charge >= 0.3 is 6.97 Å². The molecule has 482 valence electrons. The third-order valence-corrected chi connectivity index (χ3v) is 17.3. The number of fused-ring (bicyclic) bond motifs is 2. The van der Waals surface area contributed by atoms with Gasteiger partial charge < -0.3 is 57.6 Å². The molecule has 0 unspecified atom stereocenters. The summed E-state index contributed by atoms with van der Waals surface area (Å²) < 4.78 is 33.6. The summed E-state index contributed by atoms with van der Waals surface area (Å²) >= 11 is 0. The van der Waals surface area contributed by atoms with Crippen molar-refractivity contribution in [3.05, 3.63) is 89.4 Å². The quantitative estimate of drug-likeness (QED) is 0.0387. The van der Waals surface area contributed by atoms with Gasteiger partial charge in [0, 0.05) is 118 Å². The Morgan fingerprint density at radius 3 is 1.68 bits per heavy atom. The van der Waals surface area contributed by atoms with Gasteiger partial charge in [0.05, 0.1) is 0 Å². The van der Waals surface area contributed by atoms with Gasteiger partial charge in [-0.25, -0.2) is 0 Å². The molecule has 8 amide bonds. The Balaban J connectivity index is 1.25. The molecular formula is C66H103BF2N10O8. The van der Waals surface area contributed by atoms with Crippen molar-refractivity contribution in [3.8, 4) is 0 Å². The number of rotatable bonds is 36. The zero-order chi connectivity index (χ0) is 65.0. The van der Waals surface area contributed by atoms with Crippen LogP contribution in [0.25, 0.3) is 6.08 Å². The largest absolute Gasteiger partial charge is 0.737 e. The fraction of sp³-hybridized carbons (Fsp3) is 0.621. The first-order valence-corrected chi connectivity index (χ1v) is 31.5. The fourth-order valence-electron chi connectivity index (χ4n) is 12.1. The molecular weight excluding hydrogens is 1110 g/mol. The molecule has 2 aliphatic heterocycles. The van der Waals surface area contributed by atoms with E-state index in [1.54, 1.807) is 78.3 Å². The van der Waals surface area contributed by atoms with Crippen molar-refractivity contribution in [2.75, 3.05) is 61.9 Å². The molecule has 0 bridgehead atoms. The topological polar surface area (TPSA) is 188 Å². The Morgan fingerprint density at radius 1 is 0.609 bits per heavy atom. The minimum Gasteiger partial charge on any atom is -0.394 e. The second-order valence-corrected chi connectivity index (χ2v) is 25.0. The van der Waals surface area contributed by atoms with Gasteiger partial charge in [0.25, 0.3) is 0 Å². The highest BCUT2D eigenvalue weighted by atomic mass is 19.2. The maximum atomic E-state index is 15.7. The summed E-state index contributed by atoms with van der Waals surface area (Å²) in [4.78, 5) is 120. The smallest absolute Gasteiger partial charge is 0.394 e. The van der Waals surface area contributed by atoms with Gasteiger partial charge in [0.15, 0.2) is 5.70 Å². The van der Waals surface area contributed by atoms with Crippen LogP contribution < -0.4 is 10.6 Å². The molecule has 2 aliphatic rings. The zero-order valence-corrected chi connectivity index (χ0v) is 55.0. The molecule has 0 fully saturated rings. The predicted molar refractivity (Wildman–Crippen MR) is 341 cm³/mol. The van der Waals surface area contributed by atoms with Crippen LogP contribution in [-0.4, -0.2) is 190 Å². The van der Waals surface area contributed by atoms with Gasteiger partial charge in [-0.15, -0.1) is 6.58 Å². The number of unbranched alkanes of at least 4 members (excludes halogenated alkanes) is 8. The van der Waals surface area contributed by atoms with Crippen LogP contribution in [0.3, 0.4) is 0 Å². The van der Waals surface area contributed by atoms with Crippen molar-refractivity contribution in [3.63, 3.8) is 0 Å². The molecule has 4 rings (SSSR count). The standard InChI is InChI=1S/C66H103BF2N10O8/c1-17-18-19-22-29-34-58(82)75(14)59(45(2)3)65(86)77(16)61(47(6)7)66(87)76(15)60(46(4)5)64(85)73(12)50(10)62(83)74(13)55(43-51-31-26-25-27-32-51)63(84)72(11)41-30-24-21-20-23-28-33-56(80)70-39-40-71-57(81)38-37-52-35-36-53-44-54-48(8)42-49(9)78(54)67(68,69)79(52)53/h17,25-27,31-32,35-36,42,44-47,50,55,59-61H,1,18-24,28-30,33-34,37-41,43H2,2-16H3,(H,70,80)(H,71,81)/t50-,55-,59-,60-,61-/m0/s1. The van der Waals surface area contributed by atoms with E-state index >= 15 is 8.63 Å². The van der Waals surface area contributed by atoms with E-state index in [-0.39, 0.29) is 73.7 Å². The highest BCUT2D eigenvalue weighted by molar-refractivity contribution is 6.58. The molecule has 0 radical (unpaired) electrons. The van der Waals surface area contributed by atoms with Crippen molar-refractivity contribution < 1.29 is 51.5 Å². The lowest BCUT2D eigenvalue weighted by Gasteiger charge is -2.41. The molecule has 2 N–H and O–H groups in total. The Labute approximate surface area is 517 Å². The molecule has 21 heteroatoms. The molecule has 0 spiro atoms. The van der Waals surface area contributed by atoms with Crippen LogP contribution in [0.15, 0.2) is 66.9 Å². The first-order chi connectivity index (χ1) is 41.0. The minimum absolute atomic E-state index is 0.0301. The van der Waals surface area contributed by atoms with Gasteiger partial charge in [-0.05, 0) is 93.5 Å². The lowest BCUT2D eigenvalue weighted by molar-refractivity contribution is -0.362. The number of aromatic nitrogens is 1. The Morgan fingerprint density at radius 2 is 1.11 bits per heavy atom. The number of hydrogen-bond donors (Lipinski definition) is 2. The lowest BCUT2D eigenvalue weighted by atomic mass is 9.90. The van der Waals surface area contributed by atoms with Crippen LogP contribution in [0, 0.1) is 31.6 Å². The number of nitrogens with one attached hydrogen (secondary N) is 2. The predicted octanol–water partition coefficient (Wildman–Crippen LogP) is 8.41. The van der Waals surface area contributed by atoms with E-state index in [0.717, 1.165) is 71.5 Å². The van der Waals surface area contributed by atoms with Crippen LogP contribution >= 0.6 is 0 Å². The van der Waals surface area contributed by atoms with Crippen LogP contribution in [0.2, 0.25) is 0 Å². The molecule has 1 aromatic heterocycles. The van der Waals surface area contributed by atoms with E-state index in [1.807, 2.05) is 84.9 Å². The fourth-order valence-corrected chi connectivity index (χ4v) is 12.1. The van der Waals surface area contributed by atoms with Gasteiger partial charge in [-0.1, -0.05) is 110 Å². The van der Waals surface area contributed by atoms with Crippen LogP contribution in [0.5, 0.6) is 0 Å². The first-order valence-electron chi connectivity index (χ1n) is 31.5. The highest BCUT2D eigenvalue weighted by Crippen LogP contribution is 2.35. The Kier molecular flexibility index (Phi) is 28.3. The van der Waals surface area contributed by atoms with Crippen LogP contribution in [0.4, 0.5) is 8.63 Å². The number of benzene rings is 1. The normalized spacial score (nSPS) is 15.0. The maximum Gasteiger partial charge on any atom is 0.737 e. The highest BCUT2D eigenvalue weighted by Gasteiger charge is 2.52. The Hall–Kier alpha value is -6.93. The van der Waals surface area contributed by atoms with Gasteiger partial charge in [0.2, 0.25) is 47.3 Å². The van der Waals surface area contributed by atoms with Crippen molar-refractivity contribution in [1.29, 1.82) is 0 Å². The summed E-state index contributed by atoms with van der Waals surface area (Å²) in [6, 6.07) is 6.46. The summed E-state index contributed by atoms with van der Waals surface area (Å²) in [5.41, 5.74) is 3.43. The first kappa shape index (κ1) is 72.5. The van der Waals surface area contributed by atoms with E-state index in [1.165, 1.54) is 31.5 Å². The number of likely N-dealkylation sites (N-methyl/N-ethyl adjacent to an activating group) is 6. The Bertz CT molecular complexity index is 2810. The lowest BCUT2D eigenvalue weighted by Crippen LogP contribution is -2.61. The summed E-state index contributed by atoms with van der Waals surface area (Å²) in [5, 5.41) is 5.61. The van der Waals surface area contributed by atoms with Crippen LogP contribution in [-0.2, 0) is 44.8 Å². The summed E-state index contributed by atoms with van der Waals surface area (Å²) in [5.74, 6) is -3.57. The molecule has 0 saturated carbocycles. The molecule has 3 heterocycles. The number of allylic oxidation sites excluding steroid dienone is 3. The molecule has 0 aliphatic carbocycles. The SMILES string of the molecule is C=CCCCCCC(=O)N(C)[C@H](C(=O)N(C)[C@H](C(=O)N(C)[C@H](C(=O)N(C)[C@@H](C)C(=O)N(C)[C@@H](Cc1ccccc1)C(=O)N(C)CCCCCCCCC(=O)NCCNC(=O)CCC1=[N+]2C(=Cc3c(C)cc(C)n3[B-]2(F)F)C=C1)C(C)C)C(C)C)C(C)C. The summed E-state index contributed by atoms with van der Waals surface area (Å²) in [6.45, 7) is 16.7. The number of amides is 8. The van der Waals surface area contributed by atoms with Gasteiger partial charge in [-0.3, -0.25) is 38.4 Å². The zero-order valence-electron chi connectivity index (χ0n) is 55.0. The summed E-state index contributed by atoms with van der Waals surface area (Å²) in [7, 11) is 9.59. The third-order valence-electron chi connectivity index (χ3n) is 17.3. The van der Waals surface area contributed by atoms with Crippen molar-refractivity contribution in [2.45, 2.75) is 189 Å². The minimum atomic E-state index is -4.10. The maximum absolute atomic E-state index is 15.7. The van der Waals surface area contributed by atoms with E-state index in [2.05, 4.69) is 17.2 Å². The monoisotopic (exact) mass is 1210 g/mol. The van der Waals surface area contributed by atoms with Crippen molar-refractivity contribution in [2.24, 2.45) is 17.8 Å². The second kappa shape index (κ2) is 34.0. The molecule has 2 aromatic rings. The van der Waals surface area contributed by atoms with Crippen molar-refractivity contribution >= 4 is 66.0 Å². The molecule has 1 aromatic carbocycles. The molecule has 5 atom stereocenters. The second-order valence-electron chi connectivity index (χ2n) is 25.0. The van der Waals surface area contributed by atoms with Crippen molar-refractivity contribution in [1.82, 2.24) is 44.5 Å². The molecule has 0 saturated heterocycles. The number of carbonyl (C=O) groups is 8. The average molecular weight is 1210 g/mol. The number of aryl methyl sites for hydroxylation is 2. The molecule has 87 heavy (non-hydrogen) atoms. The third kappa shape index (κ3) is 19.3. The number of halogens is 2. The number of hydrogen-bond acceptors (Lipinski definition) is 8. The van der Waals surface area contributed by atoms with E-state index in [0.29, 0.717) is 55.0 Å². The van der Waals surface area contributed by atoms with Gasteiger partial charge in [-0.2, -0.15) is 0 Å². The average Bonchev–Trinajstić information content (AvgIpc) is 1.62. The summed E-state index contributed by atoms with van der Waals surface area (Å²) in [6.07, 6.45) is 16.2. The number of nitrogens with zero attached hydrogens (tertiary/aromatic N) is 8. The van der Waals surface area contributed by atoms with E-state index in [4.69, 9.17) is 0 Å². The number of carbonyl (C=O) groups excluding carboxylic acids is 8. The van der Waals surface area contributed by atoms with Crippen LogP contribution in [0.1, 0.15) is 161 Å². The van der Waals surface area contributed by atoms with E-state index < -0.39 is 60.8 Å². The van der Waals surface area contributed by atoms with Gasteiger partial charge in [0.1, 0.15) is 35.9 Å².